The molecule has 0 bridgehead atoms. The van der Waals surface area contributed by atoms with Gasteiger partial charge in [0.1, 0.15) is 5.78 Å². The van der Waals surface area contributed by atoms with Crippen LogP contribution in [0.1, 0.15) is 39.0 Å². The Morgan fingerprint density at radius 2 is 2.00 bits per heavy atom. The average molecular weight is 239 g/mol. The summed E-state index contributed by atoms with van der Waals surface area (Å²) in [5.41, 5.74) is 0. The lowest BCUT2D eigenvalue weighted by atomic mass is 9.79. The van der Waals surface area contributed by atoms with Gasteiger partial charge >= 0.3 is 0 Å². The van der Waals surface area contributed by atoms with E-state index in [0.717, 1.165) is 23.5 Å². The summed E-state index contributed by atoms with van der Waals surface area (Å²) in [4.78, 5) is 14.0. The topological polar surface area (TPSA) is 20.3 Å². The summed E-state index contributed by atoms with van der Waals surface area (Å²) in [6.07, 6.45) is 6.80. The van der Waals surface area contributed by atoms with Crippen LogP contribution in [0.15, 0.2) is 0 Å². The van der Waals surface area contributed by atoms with E-state index in [0.29, 0.717) is 11.2 Å². The van der Waals surface area contributed by atoms with Crippen LogP contribution in [-0.4, -0.2) is 34.4 Å². The largest absolute Gasteiger partial charge is 0.298 e. The fourth-order valence-corrected chi connectivity index (χ4v) is 6.07. The number of nitrogens with zero attached hydrogens (tertiary/aromatic N) is 1. The number of likely N-dealkylation sites (tertiary alicyclic amines) is 1. The lowest BCUT2D eigenvalue weighted by Gasteiger charge is -2.28. The van der Waals surface area contributed by atoms with Crippen LogP contribution in [0.4, 0.5) is 0 Å². The van der Waals surface area contributed by atoms with E-state index in [1.807, 2.05) is 0 Å². The lowest BCUT2D eigenvalue weighted by Crippen LogP contribution is -2.35. The normalized spacial score (nSPS) is 47.8. The van der Waals surface area contributed by atoms with Gasteiger partial charge in [0.05, 0.1) is 11.4 Å². The van der Waals surface area contributed by atoms with Crippen molar-refractivity contribution in [3.8, 4) is 0 Å². The Morgan fingerprint density at radius 3 is 2.75 bits per heavy atom. The molecule has 5 atom stereocenters. The van der Waals surface area contributed by atoms with Crippen molar-refractivity contribution in [1.29, 1.82) is 0 Å². The van der Waals surface area contributed by atoms with E-state index in [9.17, 15) is 4.79 Å². The molecule has 0 aromatic carbocycles. The van der Waals surface area contributed by atoms with Crippen LogP contribution >= 0.6 is 11.8 Å². The minimum absolute atomic E-state index is 0.213. The first-order chi connectivity index (χ1) is 7.68. The standard InChI is InChI=1S/C13H21NOS/c1-8(15)11-7-10-9-5-3-4-6-12(9)16-13(10)14(11)2/h9-13H,3-7H2,1-2H3. The Labute approximate surface area is 102 Å². The minimum Gasteiger partial charge on any atom is -0.298 e. The van der Waals surface area contributed by atoms with Gasteiger partial charge in [0.15, 0.2) is 0 Å². The van der Waals surface area contributed by atoms with Crippen LogP contribution in [0.25, 0.3) is 0 Å². The Hall–Kier alpha value is -0.0200. The van der Waals surface area contributed by atoms with E-state index in [1.165, 1.54) is 25.7 Å². The molecule has 1 saturated carbocycles. The quantitative estimate of drug-likeness (QED) is 0.701. The number of carbonyl (C=O) groups excluding carboxylic acids is 1. The highest BCUT2D eigenvalue weighted by molar-refractivity contribution is 8.00. The van der Waals surface area contributed by atoms with Gasteiger partial charge in [-0.25, -0.2) is 0 Å². The summed E-state index contributed by atoms with van der Waals surface area (Å²) in [6, 6.07) is 0.213. The number of hydrogen-bond acceptors (Lipinski definition) is 3. The number of likely N-dealkylation sites (N-methyl/N-ethyl adjacent to an activating group) is 1. The summed E-state index contributed by atoms with van der Waals surface area (Å²) >= 11 is 2.17. The molecule has 3 fully saturated rings. The highest BCUT2D eigenvalue weighted by Crippen LogP contribution is 2.55. The van der Waals surface area contributed by atoms with Crippen LogP contribution in [0.3, 0.4) is 0 Å². The van der Waals surface area contributed by atoms with Gasteiger partial charge in [0, 0.05) is 5.25 Å². The van der Waals surface area contributed by atoms with E-state index in [-0.39, 0.29) is 6.04 Å². The van der Waals surface area contributed by atoms with E-state index in [2.05, 4.69) is 23.7 Å². The fourth-order valence-electron chi connectivity index (χ4n) is 4.02. The van der Waals surface area contributed by atoms with Crippen LogP contribution in [0, 0.1) is 11.8 Å². The maximum absolute atomic E-state index is 11.6. The zero-order valence-electron chi connectivity index (χ0n) is 10.2. The number of thioether (sulfide) groups is 1. The van der Waals surface area contributed by atoms with E-state index in [1.54, 1.807) is 6.92 Å². The van der Waals surface area contributed by atoms with Crippen molar-refractivity contribution in [2.75, 3.05) is 7.05 Å². The molecule has 0 N–H and O–H groups in total. The highest BCUT2D eigenvalue weighted by Gasteiger charge is 2.52. The molecule has 0 radical (unpaired) electrons. The first-order valence-electron chi connectivity index (χ1n) is 6.56. The van der Waals surface area contributed by atoms with Crippen LogP contribution in [0.2, 0.25) is 0 Å². The number of fused-ring (bicyclic) bond motifs is 3. The van der Waals surface area contributed by atoms with Crippen molar-refractivity contribution >= 4 is 17.5 Å². The lowest BCUT2D eigenvalue weighted by molar-refractivity contribution is -0.120. The molecule has 2 aliphatic heterocycles. The third kappa shape index (κ3) is 1.55. The van der Waals surface area contributed by atoms with E-state index < -0.39 is 0 Å². The van der Waals surface area contributed by atoms with Crippen LogP contribution < -0.4 is 0 Å². The first kappa shape index (κ1) is 11.1. The summed E-state index contributed by atoms with van der Waals surface area (Å²) in [6.45, 7) is 1.76. The zero-order valence-corrected chi connectivity index (χ0v) is 11.0. The second kappa shape index (κ2) is 4.02. The maximum Gasteiger partial charge on any atom is 0.146 e. The molecule has 3 rings (SSSR count). The van der Waals surface area contributed by atoms with Crippen molar-refractivity contribution in [1.82, 2.24) is 4.90 Å². The van der Waals surface area contributed by atoms with Crippen molar-refractivity contribution in [3.05, 3.63) is 0 Å². The molecule has 2 nitrogen and oxygen atoms in total. The smallest absolute Gasteiger partial charge is 0.146 e. The zero-order chi connectivity index (χ0) is 11.3. The second-order valence-electron chi connectivity index (χ2n) is 5.70. The molecule has 0 amide bonds. The molecule has 1 aliphatic carbocycles. The van der Waals surface area contributed by atoms with Gasteiger partial charge in [-0.15, -0.1) is 11.8 Å². The van der Waals surface area contributed by atoms with Gasteiger partial charge in [-0.05, 0) is 45.1 Å². The molecular formula is C13H21NOS. The molecule has 90 valence electrons. The number of hydrogen-bond donors (Lipinski definition) is 0. The molecule has 2 heterocycles. The number of rotatable bonds is 1. The van der Waals surface area contributed by atoms with Gasteiger partial charge in [-0.1, -0.05) is 12.8 Å². The predicted octanol–water partition coefficient (Wildman–Crippen LogP) is 2.53. The van der Waals surface area contributed by atoms with Crippen LogP contribution in [-0.2, 0) is 4.79 Å². The maximum atomic E-state index is 11.6. The summed E-state index contributed by atoms with van der Waals surface area (Å²) in [5.74, 6) is 2.08. The monoisotopic (exact) mass is 239 g/mol. The molecule has 2 saturated heterocycles. The second-order valence-corrected chi connectivity index (χ2v) is 7.07. The molecule has 0 aromatic heterocycles. The Kier molecular flexibility index (Phi) is 2.79. The Bertz CT molecular complexity index is 306. The van der Waals surface area contributed by atoms with Gasteiger partial charge in [-0.2, -0.15) is 0 Å². The molecule has 5 unspecified atom stereocenters. The summed E-state index contributed by atoms with van der Waals surface area (Å²) < 4.78 is 0. The molecule has 0 aromatic rings. The van der Waals surface area contributed by atoms with E-state index >= 15 is 0 Å². The minimum atomic E-state index is 0.213. The van der Waals surface area contributed by atoms with Crippen molar-refractivity contribution in [2.45, 2.75) is 55.7 Å². The molecule has 0 spiro atoms. The average Bonchev–Trinajstić information content (AvgIpc) is 2.76. The summed E-state index contributed by atoms with van der Waals surface area (Å²) in [5, 5.41) is 1.54. The third-order valence-electron chi connectivity index (χ3n) is 4.84. The number of ketones is 1. The van der Waals surface area contributed by atoms with Gasteiger partial charge in [0.2, 0.25) is 0 Å². The van der Waals surface area contributed by atoms with Crippen LogP contribution in [0.5, 0.6) is 0 Å². The van der Waals surface area contributed by atoms with Crippen molar-refractivity contribution in [2.24, 2.45) is 11.8 Å². The first-order valence-corrected chi connectivity index (χ1v) is 7.50. The molecule has 3 heteroatoms. The molecule has 3 aliphatic rings. The number of Topliss-reactive ketones (excluding diaryl/α,β-unsaturated/α-hetero) is 1. The highest BCUT2D eigenvalue weighted by atomic mass is 32.2. The SMILES string of the molecule is CC(=O)C1CC2C3CCCCC3SC2N1C. The Morgan fingerprint density at radius 1 is 1.25 bits per heavy atom. The molecular weight excluding hydrogens is 218 g/mol. The van der Waals surface area contributed by atoms with Gasteiger partial charge < -0.3 is 0 Å². The third-order valence-corrected chi connectivity index (χ3v) is 6.74. The van der Waals surface area contributed by atoms with Gasteiger partial charge in [0.25, 0.3) is 0 Å². The van der Waals surface area contributed by atoms with Gasteiger partial charge in [-0.3, -0.25) is 9.69 Å². The Balaban J connectivity index is 1.79. The predicted molar refractivity (Wildman–Crippen MR) is 67.5 cm³/mol. The number of carbonyl (C=O) groups is 1. The molecule has 16 heavy (non-hydrogen) atoms. The summed E-state index contributed by atoms with van der Waals surface area (Å²) in [7, 11) is 2.15. The van der Waals surface area contributed by atoms with E-state index in [4.69, 9.17) is 0 Å². The van der Waals surface area contributed by atoms with Crippen molar-refractivity contribution in [3.63, 3.8) is 0 Å². The van der Waals surface area contributed by atoms with Crippen molar-refractivity contribution < 1.29 is 4.79 Å². The fraction of sp³-hybridized carbons (Fsp3) is 0.923.